The number of benzene rings is 10. The standard InChI is InChI=1S/C60H47NSi2/c1-7-19-53(20-8-1)62(54-21-9-2-10-22-54,55-23-11-3-12-24-55)59-43-35-49(36-44-59)47-31-39-51(40-32-47)61-52-41-33-48(34-42-52)50-37-45-60(46-38-50)63(56-25-13-4-14-26-56,57-27-15-5-16-28-57)58-29-17-6-18-30-58/h1-46,61H. The van der Waals surface area contributed by atoms with Crippen molar-refractivity contribution >= 4 is 69.0 Å². The molecule has 0 aromatic heterocycles. The molecule has 10 aromatic carbocycles. The van der Waals surface area contributed by atoms with Crippen molar-refractivity contribution < 1.29 is 0 Å². The molecule has 0 saturated carbocycles. The molecule has 0 heterocycles. The highest BCUT2D eigenvalue weighted by Crippen LogP contribution is 2.26. The lowest BCUT2D eigenvalue weighted by Crippen LogP contribution is -2.74. The maximum absolute atomic E-state index is 3.64. The molecule has 0 radical (unpaired) electrons. The van der Waals surface area contributed by atoms with Crippen LogP contribution >= 0.6 is 0 Å². The Hall–Kier alpha value is -7.57. The van der Waals surface area contributed by atoms with Crippen molar-refractivity contribution in [1.82, 2.24) is 0 Å². The van der Waals surface area contributed by atoms with Crippen molar-refractivity contribution in [2.45, 2.75) is 0 Å². The largest absolute Gasteiger partial charge is 0.356 e. The normalized spacial score (nSPS) is 11.5. The molecule has 10 rings (SSSR count). The van der Waals surface area contributed by atoms with Crippen LogP contribution in [0.15, 0.2) is 279 Å². The van der Waals surface area contributed by atoms with E-state index < -0.39 is 16.1 Å². The molecule has 0 unspecified atom stereocenters. The van der Waals surface area contributed by atoms with Crippen LogP contribution in [0.25, 0.3) is 22.3 Å². The van der Waals surface area contributed by atoms with Crippen molar-refractivity contribution in [1.29, 1.82) is 0 Å². The summed E-state index contributed by atoms with van der Waals surface area (Å²) >= 11 is 0. The van der Waals surface area contributed by atoms with Crippen LogP contribution in [-0.4, -0.2) is 16.1 Å². The molecule has 0 spiro atoms. The van der Waals surface area contributed by atoms with Crippen LogP contribution in [0.3, 0.4) is 0 Å². The summed E-state index contributed by atoms with van der Waals surface area (Å²) in [6.45, 7) is 0. The molecular weight excluding hydrogens is 791 g/mol. The maximum atomic E-state index is 3.64. The lowest BCUT2D eigenvalue weighted by atomic mass is 10.0. The van der Waals surface area contributed by atoms with Gasteiger partial charge in [0.25, 0.3) is 0 Å². The first-order valence-corrected chi connectivity index (χ1v) is 25.7. The molecule has 0 amide bonds. The van der Waals surface area contributed by atoms with Crippen molar-refractivity contribution in [3.8, 4) is 22.3 Å². The average molecular weight is 838 g/mol. The molecule has 1 N–H and O–H groups in total. The fraction of sp³-hybridized carbons (Fsp3) is 0. The third kappa shape index (κ3) is 7.59. The van der Waals surface area contributed by atoms with E-state index in [0.29, 0.717) is 0 Å². The van der Waals surface area contributed by atoms with Gasteiger partial charge in [0.2, 0.25) is 0 Å². The first-order valence-electron chi connectivity index (χ1n) is 21.7. The van der Waals surface area contributed by atoms with Gasteiger partial charge < -0.3 is 5.32 Å². The van der Waals surface area contributed by atoms with Gasteiger partial charge in [0.05, 0.1) is 0 Å². The number of anilines is 2. The topological polar surface area (TPSA) is 12.0 Å². The van der Waals surface area contributed by atoms with Crippen LogP contribution in [0, 0.1) is 0 Å². The van der Waals surface area contributed by atoms with Crippen molar-refractivity contribution in [3.05, 3.63) is 279 Å². The Balaban J connectivity index is 0.891. The van der Waals surface area contributed by atoms with Gasteiger partial charge in [-0.2, -0.15) is 0 Å². The molecule has 0 aliphatic rings. The highest BCUT2D eigenvalue weighted by Gasteiger charge is 2.42. The summed E-state index contributed by atoms with van der Waals surface area (Å²) in [7, 11) is -5.12. The highest BCUT2D eigenvalue weighted by molar-refractivity contribution is 7.20. The van der Waals surface area contributed by atoms with E-state index in [1.54, 1.807) is 0 Å². The predicted octanol–water partition coefficient (Wildman–Crippen LogP) is 9.52. The van der Waals surface area contributed by atoms with Crippen LogP contribution in [0.5, 0.6) is 0 Å². The minimum absolute atomic E-state index is 1.06. The Bertz CT molecular complexity index is 2590. The van der Waals surface area contributed by atoms with Crippen molar-refractivity contribution in [2.24, 2.45) is 0 Å². The Labute approximate surface area is 373 Å². The van der Waals surface area contributed by atoms with E-state index in [-0.39, 0.29) is 0 Å². The van der Waals surface area contributed by atoms with Gasteiger partial charge in [-0.1, -0.05) is 255 Å². The SMILES string of the molecule is c1ccc([Si](c2ccccc2)(c2ccccc2)c2ccc(-c3ccc(Nc4ccc(-c5ccc([Si](c6ccccc6)(c6ccccc6)c6ccccc6)cc5)cc4)cc3)cc2)cc1. The molecule has 0 bridgehead atoms. The molecule has 63 heavy (non-hydrogen) atoms. The van der Waals surface area contributed by atoms with E-state index >= 15 is 0 Å². The van der Waals surface area contributed by atoms with Gasteiger partial charge in [-0.3, -0.25) is 0 Å². The zero-order valence-corrected chi connectivity index (χ0v) is 37.1. The van der Waals surface area contributed by atoms with Crippen LogP contribution in [0.2, 0.25) is 0 Å². The van der Waals surface area contributed by atoms with Crippen LogP contribution < -0.4 is 46.8 Å². The van der Waals surface area contributed by atoms with Gasteiger partial charge in [-0.15, -0.1) is 0 Å². The van der Waals surface area contributed by atoms with Gasteiger partial charge in [-0.25, -0.2) is 0 Å². The van der Waals surface area contributed by atoms with Gasteiger partial charge in [0.15, 0.2) is 16.1 Å². The Morgan fingerprint density at radius 3 is 0.556 bits per heavy atom. The lowest BCUT2D eigenvalue weighted by molar-refractivity contribution is 1.53. The smallest absolute Gasteiger partial charge is 0.179 e. The van der Waals surface area contributed by atoms with Gasteiger partial charge in [-0.05, 0) is 88.0 Å². The molecule has 300 valence electrons. The summed E-state index contributed by atoms with van der Waals surface area (Å²) in [5, 5.41) is 14.7. The maximum Gasteiger partial charge on any atom is 0.179 e. The molecule has 0 saturated heterocycles. The molecule has 0 fully saturated rings. The molecule has 3 heteroatoms. The lowest BCUT2D eigenvalue weighted by Gasteiger charge is -2.34. The summed E-state index contributed by atoms with van der Waals surface area (Å²) in [6, 6.07) is 103. The molecule has 1 nitrogen and oxygen atoms in total. The second kappa shape index (κ2) is 17.8. The fourth-order valence-corrected chi connectivity index (χ4v) is 19.1. The van der Waals surface area contributed by atoms with E-state index in [9.17, 15) is 0 Å². The minimum atomic E-state index is -2.56. The van der Waals surface area contributed by atoms with E-state index in [1.165, 1.54) is 63.7 Å². The third-order valence-electron chi connectivity index (χ3n) is 12.6. The van der Waals surface area contributed by atoms with Crippen LogP contribution in [0.1, 0.15) is 0 Å². The van der Waals surface area contributed by atoms with Crippen molar-refractivity contribution in [2.75, 3.05) is 5.32 Å². The Kier molecular flexibility index (Phi) is 11.2. The quantitative estimate of drug-likeness (QED) is 0.0956. The van der Waals surface area contributed by atoms with E-state index in [1.807, 2.05) is 0 Å². The summed E-state index contributed by atoms with van der Waals surface area (Å²) in [4.78, 5) is 0. The van der Waals surface area contributed by atoms with Gasteiger partial charge >= 0.3 is 0 Å². The molecule has 10 aromatic rings. The van der Waals surface area contributed by atoms with E-state index in [0.717, 1.165) is 11.4 Å². The average Bonchev–Trinajstić information content (AvgIpc) is 3.37. The first kappa shape index (κ1) is 39.6. The molecule has 0 aliphatic heterocycles. The molecule has 0 aliphatic carbocycles. The zero-order chi connectivity index (χ0) is 42.3. The summed E-state index contributed by atoms with van der Waals surface area (Å²) < 4.78 is 0. The predicted molar refractivity (Wildman–Crippen MR) is 274 cm³/mol. The number of hydrogen-bond donors (Lipinski definition) is 1. The minimum Gasteiger partial charge on any atom is -0.356 e. The van der Waals surface area contributed by atoms with E-state index in [2.05, 4.69) is 284 Å². The summed E-state index contributed by atoms with van der Waals surface area (Å²) in [5.41, 5.74) is 6.90. The monoisotopic (exact) mass is 837 g/mol. The van der Waals surface area contributed by atoms with Crippen LogP contribution in [-0.2, 0) is 0 Å². The number of rotatable bonds is 12. The van der Waals surface area contributed by atoms with Gasteiger partial charge in [0, 0.05) is 11.4 Å². The number of hydrogen-bond acceptors (Lipinski definition) is 1. The van der Waals surface area contributed by atoms with Gasteiger partial charge in [0.1, 0.15) is 0 Å². The Morgan fingerprint density at radius 1 is 0.175 bits per heavy atom. The first-order chi connectivity index (χ1) is 31.2. The van der Waals surface area contributed by atoms with Crippen molar-refractivity contribution in [3.63, 3.8) is 0 Å². The summed E-state index contributed by atoms with van der Waals surface area (Å²) in [5.74, 6) is 0. The Morgan fingerprint density at radius 2 is 0.349 bits per heavy atom. The highest BCUT2D eigenvalue weighted by atomic mass is 28.3. The summed E-state index contributed by atoms with van der Waals surface area (Å²) in [6.07, 6.45) is 0. The second-order valence-corrected chi connectivity index (χ2v) is 23.7. The van der Waals surface area contributed by atoms with E-state index in [4.69, 9.17) is 0 Å². The fourth-order valence-electron chi connectivity index (χ4n) is 9.61. The third-order valence-corrected chi connectivity index (χ3v) is 22.2. The number of nitrogens with one attached hydrogen (secondary N) is 1. The van der Waals surface area contributed by atoms with Crippen LogP contribution in [0.4, 0.5) is 11.4 Å². The zero-order valence-electron chi connectivity index (χ0n) is 35.1. The molecular formula is C60H47NSi2. The molecule has 0 atom stereocenters. The second-order valence-electron chi connectivity index (χ2n) is 16.1.